The third-order valence-corrected chi connectivity index (χ3v) is 6.29. The molecule has 0 aromatic heterocycles. The molecular formula is C14H20BrNO3S. The second-order valence-electron chi connectivity index (χ2n) is 5.45. The molecule has 6 heteroatoms. The summed E-state index contributed by atoms with van der Waals surface area (Å²) in [6.07, 6.45) is -0.157. The van der Waals surface area contributed by atoms with E-state index in [1.165, 1.54) is 4.31 Å². The van der Waals surface area contributed by atoms with Crippen LogP contribution in [-0.4, -0.2) is 38.0 Å². The highest BCUT2D eigenvalue weighted by atomic mass is 79.9. The Balaban J connectivity index is 2.42. The Morgan fingerprint density at radius 3 is 2.25 bits per heavy atom. The highest BCUT2D eigenvalue weighted by Gasteiger charge is 2.33. The van der Waals surface area contributed by atoms with Crippen molar-refractivity contribution in [2.24, 2.45) is 0 Å². The smallest absolute Gasteiger partial charge is 0.243 e. The normalized spacial score (nSPS) is 24.9. The monoisotopic (exact) mass is 361 g/mol. The van der Waals surface area contributed by atoms with Gasteiger partial charge in [-0.25, -0.2) is 8.42 Å². The van der Waals surface area contributed by atoms with E-state index in [4.69, 9.17) is 4.74 Å². The van der Waals surface area contributed by atoms with Gasteiger partial charge in [0.05, 0.1) is 17.1 Å². The van der Waals surface area contributed by atoms with Gasteiger partial charge >= 0.3 is 0 Å². The maximum Gasteiger partial charge on any atom is 0.243 e. The summed E-state index contributed by atoms with van der Waals surface area (Å²) in [5, 5.41) is 0. The summed E-state index contributed by atoms with van der Waals surface area (Å²) in [4.78, 5) is 0.388. The number of sulfonamides is 1. The molecule has 20 heavy (non-hydrogen) atoms. The van der Waals surface area contributed by atoms with Gasteiger partial charge in [-0.15, -0.1) is 0 Å². The fourth-order valence-electron chi connectivity index (χ4n) is 2.50. The zero-order chi connectivity index (χ0) is 15.1. The zero-order valence-electron chi connectivity index (χ0n) is 12.2. The van der Waals surface area contributed by atoms with Gasteiger partial charge in [-0.1, -0.05) is 15.9 Å². The number of hydrogen-bond acceptors (Lipinski definition) is 3. The summed E-state index contributed by atoms with van der Waals surface area (Å²) in [6.45, 7) is 8.33. The van der Waals surface area contributed by atoms with E-state index in [9.17, 15) is 8.42 Å². The summed E-state index contributed by atoms with van der Waals surface area (Å²) < 4.78 is 33.7. The van der Waals surface area contributed by atoms with Crippen LogP contribution in [-0.2, 0) is 14.8 Å². The standard InChI is InChI=1S/C14H20BrNO3S/c1-9-6-14(10(2)5-13(9)15)20(17,18)16-7-11(3)19-12(4)8-16/h5-6,11-12H,7-8H2,1-4H3. The second-order valence-corrected chi connectivity index (χ2v) is 8.21. The predicted molar refractivity (Wildman–Crippen MR) is 82.4 cm³/mol. The van der Waals surface area contributed by atoms with Gasteiger partial charge in [0.25, 0.3) is 0 Å². The van der Waals surface area contributed by atoms with Crippen LogP contribution < -0.4 is 0 Å². The van der Waals surface area contributed by atoms with E-state index in [1.807, 2.05) is 33.8 Å². The van der Waals surface area contributed by atoms with Gasteiger partial charge in [-0.3, -0.25) is 0 Å². The molecule has 1 saturated heterocycles. The molecule has 1 heterocycles. The van der Waals surface area contributed by atoms with Crippen LogP contribution in [0.1, 0.15) is 25.0 Å². The van der Waals surface area contributed by atoms with Gasteiger partial charge in [0.2, 0.25) is 10.0 Å². The average molecular weight is 362 g/mol. The Labute approximate surface area is 129 Å². The van der Waals surface area contributed by atoms with Crippen molar-refractivity contribution in [3.63, 3.8) is 0 Å². The van der Waals surface area contributed by atoms with Gasteiger partial charge in [0.15, 0.2) is 0 Å². The van der Waals surface area contributed by atoms with Crippen LogP contribution in [0.5, 0.6) is 0 Å². The van der Waals surface area contributed by atoms with Gasteiger partial charge in [0.1, 0.15) is 0 Å². The SMILES string of the molecule is Cc1cc(S(=O)(=O)N2CC(C)OC(C)C2)c(C)cc1Br. The van der Waals surface area contributed by atoms with Gasteiger partial charge in [0, 0.05) is 17.6 Å². The number of morpholine rings is 1. The van der Waals surface area contributed by atoms with E-state index in [0.717, 1.165) is 15.6 Å². The lowest BCUT2D eigenvalue weighted by atomic mass is 10.2. The minimum atomic E-state index is -3.47. The van der Waals surface area contributed by atoms with Crippen LogP contribution in [0.2, 0.25) is 0 Å². The number of ether oxygens (including phenoxy) is 1. The first kappa shape index (κ1) is 15.9. The summed E-state index contributed by atoms with van der Waals surface area (Å²) in [7, 11) is -3.47. The van der Waals surface area contributed by atoms with Gasteiger partial charge < -0.3 is 4.74 Å². The second kappa shape index (κ2) is 5.75. The maximum atomic E-state index is 12.8. The third kappa shape index (κ3) is 3.08. The van der Waals surface area contributed by atoms with Crippen LogP contribution in [0.15, 0.2) is 21.5 Å². The van der Waals surface area contributed by atoms with Gasteiger partial charge in [-0.05, 0) is 51.0 Å². The number of hydrogen-bond donors (Lipinski definition) is 0. The number of halogens is 1. The molecule has 1 aromatic carbocycles. The minimum absolute atomic E-state index is 0.0784. The Bertz CT molecular complexity index is 605. The summed E-state index contributed by atoms with van der Waals surface area (Å²) in [5.41, 5.74) is 1.68. The molecule has 0 aliphatic carbocycles. The summed E-state index contributed by atoms with van der Waals surface area (Å²) >= 11 is 3.43. The topological polar surface area (TPSA) is 46.6 Å². The van der Waals surface area contributed by atoms with Crippen LogP contribution in [0.25, 0.3) is 0 Å². The van der Waals surface area contributed by atoms with Crippen molar-refractivity contribution in [3.05, 3.63) is 27.7 Å². The molecule has 0 radical (unpaired) electrons. The van der Waals surface area contributed by atoms with Crippen molar-refractivity contribution < 1.29 is 13.2 Å². The number of benzene rings is 1. The summed E-state index contributed by atoms with van der Waals surface area (Å²) in [6, 6.07) is 3.59. The van der Waals surface area contributed by atoms with E-state index in [1.54, 1.807) is 6.07 Å². The van der Waals surface area contributed by atoms with Crippen molar-refractivity contribution >= 4 is 26.0 Å². The van der Waals surface area contributed by atoms with E-state index < -0.39 is 10.0 Å². The van der Waals surface area contributed by atoms with Crippen LogP contribution in [0.4, 0.5) is 0 Å². The van der Waals surface area contributed by atoms with Crippen LogP contribution in [0, 0.1) is 13.8 Å². The lowest BCUT2D eigenvalue weighted by molar-refractivity contribution is -0.0440. The highest BCUT2D eigenvalue weighted by molar-refractivity contribution is 9.10. The molecule has 0 N–H and O–H groups in total. The molecule has 0 spiro atoms. The van der Waals surface area contributed by atoms with E-state index in [-0.39, 0.29) is 12.2 Å². The molecule has 2 atom stereocenters. The Hall–Kier alpha value is -0.430. The van der Waals surface area contributed by atoms with Gasteiger partial charge in [-0.2, -0.15) is 4.31 Å². The lowest BCUT2D eigenvalue weighted by Crippen LogP contribution is -2.48. The molecule has 2 rings (SSSR count). The maximum absolute atomic E-state index is 12.8. The third-order valence-electron chi connectivity index (χ3n) is 3.46. The number of nitrogens with zero attached hydrogens (tertiary/aromatic N) is 1. The van der Waals surface area contributed by atoms with Crippen molar-refractivity contribution in [2.75, 3.05) is 13.1 Å². The fourth-order valence-corrected chi connectivity index (χ4v) is 4.84. The first-order chi connectivity index (χ1) is 9.21. The first-order valence-electron chi connectivity index (χ1n) is 6.64. The van der Waals surface area contributed by atoms with Crippen molar-refractivity contribution in [2.45, 2.75) is 44.8 Å². The van der Waals surface area contributed by atoms with E-state index in [2.05, 4.69) is 15.9 Å². The molecule has 0 saturated carbocycles. The highest BCUT2D eigenvalue weighted by Crippen LogP contribution is 2.28. The van der Waals surface area contributed by atoms with E-state index in [0.29, 0.717) is 18.0 Å². The molecule has 0 amide bonds. The Morgan fingerprint density at radius 2 is 1.70 bits per heavy atom. The predicted octanol–water partition coefficient (Wildman–Crippen LogP) is 2.86. The quantitative estimate of drug-likeness (QED) is 0.813. The first-order valence-corrected chi connectivity index (χ1v) is 8.87. The number of aryl methyl sites for hydroxylation is 2. The van der Waals surface area contributed by atoms with E-state index >= 15 is 0 Å². The molecule has 1 aliphatic rings. The molecule has 4 nitrogen and oxygen atoms in total. The molecule has 2 unspecified atom stereocenters. The largest absolute Gasteiger partial charge is 0.373 e. The average Bonchev–Trinajstić information content (AvgIpc) is 2.32. The van der Waals surface area contributed by atoms with Crippen molar-refractivity contribution in [1.82, 2.24) is 4.31 Å². The number of rotatable bonds is 2. The van der Waals surface area contributed by atoms with Crippen LogP contribution >= 0.6 is 15.9 Å². The minimum Gasteiger partial charge on any atom is -0.373 e. The molecule has 112 valence electrons. The zero-order valence-corrected chi connectivity index (χ0v) is 14.6. The Morgan fingerprint density at radius 1 is 1.15 bits per heavy atom. The Kier molecular flexibility index (Phi) is 4.59. The molecule has 1 aliphatic heterocycles. The van der Waals surface area contributed by atoms with Crippen LogP contribution in [0.3, 0.4) is 0 Å². The molecule has 1 fully saturated rings. The molecule has 0 bridgehead atoms. The molecular weight excluding hydrogens is 342 g/mol. The van der Waals surface area contributed by atoms with Crippen molar-refractivity contribution in [3.8, 4) is 0 Å². The van der Waals surface area contributed by atoms with Crippen molar-refractivity contribution in [1.29, 1.82) is 0 Å². The molecule has 1 aromatic rings. The fraction of sp³-hybridized carbons (Fsp3) is 0.571. The lowest BCUT2D eigenvalue weighted by Gasteiger charge is -2.34. The summed E-state index contributed by atoms with van der Waals surface area (Å²) in [5.74, 6) is 0.